The molecule has 0 spiro atoms. The van der Waals surface area contributed by atoms with Crippen LogP contribution in [-0.2, 0) is 0 Å². The number of aliphatic hydroxyl groups excluding tert-OH is 1. The molecule has 1 saturated carbocycles. The fourth-order valence-corrected chi connectivity index (χ4v) is 1.13. The van der Waals surface area contributed by atoms with Crippen LogP contribution in [0.3, 0.4) is 0 Å². The Balaban J connectivity index is 2.16. The van der Waals surface area contributed by atoms with E-state index in [2.05, 4.69) is 10.6 Å². The largest absolute Gasteiger partial charge is 0.392 e. The van der Waals surface area contributed by atoms with E-state index in [1.54, 1.807) is 13.1 Å². The van der Waals surface area contributed by atoms with E-state index < -0.39 is 6.10 Å². The van der Waals surface area contributed by atoms with Crippen LogP contribution < -0.4 is 10.6 Å². The van der Waals surface area contributed by atoms with Gasteiger partial charge in [0.25, 0.3) is 0 Å². The number of allylic oxidation sites excluding steroid dienone is 1. The Labute approximate surface area is 84.4 Å². The van der Waals surface area contributed by atoms with Crippen LogP contribution in [0.15, 0.2) is 11.8 Å². The van der Waals surface area contributed by atoms with E-state index in [1.165, 1.54) is 18.4 Å². The zero-order valence-electron chi connectivity index (χ0n) is 8.71. The molecule has 0 aromatic heterocycles. The number of amides is 2. The predicted octanol–water partition coefficient (Wildman–Crippen LogP) is 0.980. The van der Waals surface area contributed by atoms with Crippen molar-refractivity contribution in [1.29, 1.82) is 0 Å². The van der Waals surface area contributed by atoms with Gasteiger partial charge in [-0.25, -0.2) is 4.79 Å². The van der Waals surface area contributed by atoms with Crippen LogP contribution in [0.4, 0.5) is 4.79 Å². The van der Waals surface area contributed by atoms with Crippen molar-refractivity contribution in [1.82, 2.24) is 10.6 Å². The molecule has 1 atom stereocenters. The Morgan fingerprint density at radius 2 is 2.29 bits per heavy atom. The van der Waals surface area contributed by atoms with E-state index in [0.29, 0.717) is 5.92 Å². The molecule has 0 aromatic carbocycles. The summed E-state index contributed by atoms with van der Waals surface area (Å²) in [5, 5.41) is 14.1. The Hall–Kier alpha value is -1.03. The van der Waals surface area contributed by atoms with Gasteiger partial charge in [-0.2, -0.15) is 0 Å². The number of hydrogen-bond acceptors (Lipinski definition) is 2. The molecule has 1 aliphatic rings. The highest BCUT2D eigenvalue weighted by Gasteiger charge is 2.22. The minimum absolute atomic E-state index is 0.258. The second-order valence-electron chi connectivity index (χ2n) is 3.87. The van der Waals surface area contributed by atoms with Crippen LogP contribution in [0.1, 0.15) is 26.7 Å². The van der Waals surface area contributed by atoms with Crippen molar-refractivity contribution in [3.63, 3.8) is 0 Å². The number of urea groups is 1. The summed E-state index contributed by atoms with van der Waals surface area (Å²) in [4.78, 5) is 11.1. The standard InChI is InChI=1S/C10H18N2O2/c1-7(9-3-4-9)5-11-10(14)12-6-8(2)13/h5,8-9,13H,3-4,6H2,1-2H3,(H2,11,12,14)/b7-5+. The quantitative estimate of drug-likeness (QED) is 0.630. The van der Waals surface area contributed by atoms with Gasteiger partial charge in [-0.05, 0) is 32.6 Å². The van der Waals surface area contributed by atoms with Gasteiger partial charge in [-0.1, -0.05) is 5.57 Å². The molecule has 1 unspecified atom stereocenters. The third-order valence-electron chi connectivity index (χ3n) is 2.21. The highest BCUT2D eigenvalue weighted by Crippen LogP contribution is 2.35. The second kappa shape index (κ2) is 5.00. The second-order valence-corrected chi connectivity index (χ2v) is 3.87. The van der Waals surface area contributed by atoms with Crippen molar-refractivity contribution in [3.8, 4) is 0 Å². The van der Waals surface area contributed by atoms with Crippen LogP contribution in [0, 0.1) is 5.92 Å². The summed E-state index contributed by atoms with van der Waals surface area (Å²) in [5.41, 5.74) is 1.22. The van der Waals surface area contributed by atoms with E-state index in [9.17, 15) is 4.79 Å². The molecule has 0 saturated heterocycles. The van der Waals surface area contributed by atoms with Crippen LogP contribution in [-0.4, -0.2) is 23.8 Å². The molecule has 4 nitrogen and oxygen atoms in total. The number of nitrogens with one attached hydrogen (secondary N) is 2. The summed E-state index contributed by atoms with van der Waals surface area (Å²) in [6.07, 6.45) is 3.71. The summed E-state index contributed by atoms with van der Waals surface area (Å²) >= 11 is 0. The molecule has 1 aliphatic carbocycles. The molecule has 80 valence electrons. The van der Waals surface area contributed by atoms with Crippen LogP contribution in [0.2, 0.25) is 0 Å². The van der Waals surface area contributed by atoms with Gasteiger partial charge in [-0.15, -0.1) is 0 Å². The summed E-state index contributed by atoms with van der Waals surface area (Å²) in [7, 11) is 0. The molecule has 1 rings (SSSR count). The lowest BCUT2D eigenvalue weighted by molar-refractivity contribution is 0.188. The van der Waals surface area contributed by atoms with E-state index in [0.717, 1.165) is 0 Å². The van der Waals surface area contributed by atoms with Crippen molar-refractivity contribution in [2.24, 2.45) is 5.92 Å². The summed E-state index contributed by atoms with van der Waals surface area (Å²) in [6, 6.07) is -0.258. The van der Waals surface area contributed by atoms with Crippen molar-refractivity contribution in [2.75, 3.05) is 6.54 Å². The van der Waals surface area contributed by atoms with Gasteiger partial charge in [0.15, 0.2) is 0 Å². The minimum atomic E-state index is -0.505. The van der Waals surface area contributed by atoms with Crippen molar-refractivity contribution in [2.45, 2.75) is 32.8 Å². The topological polar surface area (TPSA) is 61.4 Å². The zero-order valence-corrected chi connectivity index (χ0v) is 8.71. The molecule has 4 heteroatoms. The van der Waals surface area contributed by atoms with Gasteiger partial charge in [0.2, 0.25) is 0 Å². The van der Waals surface area contributed by atoms with Gasteiger partial charge in [0.1, 0.15) is 0 Å². The maximum atomic E-state index is 11.1. The zero-order chi connectivity index (χ0) is 10.6. The monoisotopic (exact) mass is 198 g/mol. The number of carbonyl (C=O) groups excluding carboxylic acids is 1. The van der Waals surface area contributed by atoms with Crippen LogP contribution in [0.25, 0.3) is 0 Å². The van der Waals surface area contributed by atoms with Gasteiger partial charge in [0, 0.05) is 12.7 Å². The molecule has 0 aliphatic heterocycles. The first-order valence-electron chi connectivity index (χ1n) is 4.98. The molecule has 0 bridgehead atoms. The smallest absolute Gasteiger partial charge is 0.318 e. The first kappa shape index (κ1) is 11.0. The normalized spacial score (nSPS) is 18.9. The van der Waals surface area contributed by atoms with Gasteiger partial charge >= 0.3 is 6.03 Å². The Morgan fingerprint density at radius 3 is 2.79 bits per heavy atom. The SMILES string of the molecule is C/C(=C\NC(=O)NCC(C)O)C1CC1. The highest BCUT2D eigenvalue weighted by molar-refractivity contribution is 5.74. The number of hydrogen-bond donors (Lipinski definition) is 3. The van der Waals surface area contributed by atoms with Crippen molar-refractivity contribution in [3.05, 3.63) is 11.8 Å². The lowest BCUT2D eigenvalue weighted by Crippen LogP contribution is -2.36. The van der Waals surface area contributed by atoms with Crippen LogP contribution in [0.5, 0.6) is 0 Å². The molecule has 0 radical (unpaired) electrons. The summed E-state index contributed by atoms with van der Waals surface area (Å²) < 4.78 is 0. The molecule has 1 fully saturated rings. The van der Waals surface area contributed by atoms with E-state index in [-0.39, 0.29) is 12.6 Å². The van der Waals surface area contributed by atoms with E-state index >= 15 is 0 Å². The van der Waals surface area contributed by atoms with E-state index in [4.69, 9.17) is 5.11 Å². The number of aliphatic hydroxyl groups is 1. The highest BCUT2D eigenvalue weighted by atomic mass is 16.3. The van der Waals surface area contributed by atoms with Crippen molar-refractivity contribution >= 4 is 6.03 Å². The lowest BCUT2D eigenvalue weighted by atomic mass is 10.2. The maximum Gasteiger partial charge on any atom is 0.318 e. The number of rotatable bonds is 4. The minimum Gasteiger partial charge on any atom is -0.392 e. The number of carbonyl (C=O) groups is 1. The molecular formula is C10H18N2O2. The molecule has 14 heavy (non-hydrogen) atoms. The van der Waals surface area contributed by atoms with E-state index in [1.807, 2.05) is 6.92 Å². The first-order valence-corrected chi connectivity index (χ1v) is 4.98. The average Bonchev–Trinajstić information content (AvgIpc) is 2.93. The Bertz CT molecular complexity index is 232. The maximum absolute atomic E-state index is 11.1. The third kappa shape index (κ3) is 4.28. The lowest BCUT2D eigenvalue weighted by Gasteiger charge is -2.06. The Morgan fingerprint density at radius 1 is 1.64 bits per heavy atom. The molecular weight excluding hydrogens is 180 g/mol. The fourth-order valence-electron chi connectivity index (χ4n) is 1.13. The van der Waals surface area contributed by atoms with Gasteiger partial charge in [0.05, 0.1) is 6.10 Å². The van der Waals surface area contributed by atoms with Gasteiger partial charge < -0.3 is 15.7 Å². The molecule has 0 aromatic rings. The average molecular weight is 198 g/mol. The molecule has 3 N–H and O–H groups in total. The fraction of sp³-hybridized carbons (Fsp3) is 0.700. The molecule has 0 heterocycles. The summed E-state index contributed by atoms with van der Waals surface area (Å²) in [5.74, 6) is 0.673. The predicted molar refractivity (Wildman–Crippen MR) is 54.7 cm³/mol. The van der Waals surface area contributed by atoms with Crippen molar-refractivity contribution < 1.29 is 9.90 Å². The van der Waals surface area contributed by atoms with Crippen LogP contribution >= 0.6 is 0 Å². The molecule has 2 amide bonds. The first-order chi connectivity index (χ1) is 6.59. The third-order valence-corrected chi connectivity index (χ3v) is 2.21. The summed E-state index contributed by atoms with van der Waals surface area (Å²) in [6.45, 7) is 3.93. The Kier molecular flexibility index (Phi) is 3.95. The van der Waals surface area contributed by atoms with Gasteiger partial charge in [-0.3, -0.25) is 0 Å².